The highest BCUT2D eigenvalue weighted by atomic mass is 16.5. The van der Waals surface area contributed by atoms with Crippen LogP contribution in [0.4, 0.5) is 4.79 Å². The van der Waals surface area contributed by atoms with Crippen LogP contribution in [-0.4, -0.2) is 122 Å². The molecule has 0 saturated carbocycles. The number of aryl methyl sites for hydroxylation is 2. The van der Waals surface area contributed by atoms with E-state index in [4.69, 9.17) is 9.84 Å². The van der Waals surface area contributed by atoms with E-state index in [0.717, 1.165) is 24.0 Å². The molecule has 2 rings (SSSR count). The summed E-state index contributed by atoms with van der Waals surface area (Å²) in [7, 11) is 0. The van der Waals surface area contributed by atoms with Crippen molar-refractivity contribution in [1.82, 2.24) is 26.2 Å². The van der Waals surface area contributed by atoms with E-state index in [1.165, 1.54) is 6.07 Å². The number of carbonyl (C=O) groups is 8. The summed E-state index contributed by atoms with van der Waals surface area (Å²) in [6, 6.07) is 7.83. The van der Waals surface area contributed by atoms with Gasteiger partial charge in [0.2, 0.25) is 11.8 Å². The zero-order chi connectivity index (χ0) is 48.1. The summed E-state index contributed by atoms with van der Waals surface area (Å²) in [6.07, 6.45) is 3.99. The zero-order valence-corrected chi connectivity index (χ0v) is 36.9. The van der Waals surface area contributed by atoms with Gasteiger partial charge in [-0.2, -0.15) is 0 Å². The summed E-state index contributed by atoms with van der Waals surface area (Å²) in [5.74, 6) is -5.47. The molecule has 0 fully saturated rings. The van der Waals surface area contributed by atoms with Crippen molar-refractivity contribution in [3.63, 3.8) is 0 Å². The van der Waals surface area contributed by atoms with Gasteiger partial charge in [-0.3, -0.25) is 33.7 Å². The maximum Gasteiger partial charge on any atom is 0.326 e. The average molecular weight is 916 g/mol. The first-order valence-corrected chi connectivity index (χ1v) is 21.9. The molecule has 0 aliphatic rings. The Hall–Kier alpha value is -6.44. The topological polar surface area (TPSA) is 319 Å². The van der Waals surface area contributed by atoms with Crippen LogP contribution in [0, 0.1) is 5.92 Å². The van der Waals surface area contributed by atoms with Crippen LogP contribution in [0.2, 0.25) is 0 Å². The lowest BCUT2D eigenvalue weighted by atomic mass is 9.91. The average Bonchev–Trinajstić information content (AvgIpc) is 3.23. The molecule has 0 heterocycles. The summed E-state index contributed by atoms with van der Waals surface area (Å²) in [4.78, 5) is 95.1. The first-order valence-electron chi connectivity index (χ1n) is 21.9. The third kappa shape index (κ3) is 24.3. The molecule has 2 aromatic rings. The standard InChI is InChI=1S/C45H65N5O15/c1-2-8-30-11-16-37(53)34(24-30)27-50(28-43(60)61)22-19-32(26-42(58)59)25-33-23-31(12-15-36(33)52)13-17-39(55)47-20-6-3-4-9-38(54)46-21-7-5-10-40(65-29-51)49-45(64)48-35(44(62)63)14-18-41(56)57/h11-12,15-16,23-24,29,32,35,40,52-53H,2-10,13-14,17-22,25-28H2,1H3,(H,46,54)(H,47,55)(H,56,57)(H,58,59)(H,60,61)(H,62,63)(H2,48,49,64)/t32?,35-,40+/m0/s1. The summed E-state index contributed by atoms with van der Waals surface area (Å²) in [6.45, 7) is 3.00. The molecule has 0 aliphatic heterocycles. The van der Waals surface area contributed by atoms with Gasteiger partial charge in [-0.15, -0.1) is 0 Å². The van der Waals surface area contributed by atoms with E-state index in [-0.39, 0.29) is 87.9 Å². The highest BCUT2D eigenvalue weighted by Crippen LogP contribution is 2.27. The number of carboxylic acids is 4. The number of rotatable bonds is 35. The van der Waals surface area contributed by atoms with Crippen LogP contribution >= 0.6 is 0 Å². The molecular formula is C45H65N5O15. The minimum absolute atomic E-state index is 0.0123. The largest absolute Gasteiger partial charge is 0.508 e. The van der Waals surface area contributed by atoms with Crippen molar-refractivity contribution >= 4 is 48.2 Å². The summed E-state index contributed by atoms with van der Waals surface area (Å²) in [5, 5.41) is 68.4. The Morgan fingerprint density at radius 3 is 1.94 bits per heavy atom. The fraction of sp³-hybridized carbons (Fsp3) is 0.556. The van der Waals surface area contributed by atoms with Crippen LogP contribution < -0.4 is 21.3 Å². The van der Waals surface area contributed by atoms with Gasteiger partial charge in [-0.25, -0.2) is 9.59 Å². The fourth-order valence-electron chi connectivity index (χ4n) is 7.06. The molecule has 10 N–H and O–H groups in total. The second kappa shape index (κ2) is 30.6. The van der Waals surface area contributed by atoms with Crippen molar-refractivity contribution < 1.29 is 73.7 Å². The van der Waals surface area contributed by atoms with Crippen molar-refractivity contribution in [2.45, 2.75) is 128 Å². The number of ether oxygens (including phenoxy) is 1. The van der Waals surface area contributed by atoms with E-state index in [2.05, 4.69) is 21.3 Å². The molecule has 20 heteroatoms. The molecule has 1 unspecified atom stereocenters. The maximum atomic E-state index is 12.6. The lowest BCUT2D eigenvalue weighted by Crippen LogP contribution is -2.49. The summed E-state index contributed by atoms with van der Waals surface area (Å²) >= 11 is 0. The number of hydrogen-bond donors (Lipinski definition) is 10. The van der Waals surface area contributed by atoms with E-state index in [0.29, 0.717) is 69.2 Å². The SMILES string of the molecule is CCCc1ccc(O)c(CN(CCC(CC(=O)O)Cc2cc(CCC(=O)NCCCCCC(=O)NCCCC[C@H](NC(=O)N[C@@H](CCC(=O)O)C(=O)O)OC=O)ccc2O)CC(=O)O)c1. The van der Waals surface area contributed by atoms with Gasteiger partial charge in [0, 0.05) is 57.3 Å². The number of carboxylic acid groups (broad SMARTS) is 4. The van der Waals surface area contributed by atoms with Crippen LogP contribution in [0.15, 0.2) is 36.4 Å². The highest BCUT2D eigenvalue weighted by Gasteiger charge is 2.23. The Labute approximate surface area is 378 Å². The molecule has 0 aliphatic carbocycles. The zero-order valence-electron chi connectivity index (χ0n) is 36.9. The Morgan fingerprint density at radius 1 is 0.692 bits per heavy atom. The number of phenols is 2. The quantitative estimate of drug-likeness (QED) is 0.0268. The summed E-state index contributed by atoms with van der Waals surface area (Å²) < 4.78 is 4.84. The molecule has 20 nitrogen and oxygen atoms in total. The lowest BCUT2D eigenvalue weighted by molar-refractivity contribution is -0.141. The van der Waals surface area contributed by atoms with Gasteiger partial charge < -0.3 is 56.6 Å². The smallest absolute Gasteiger partial charge is 0.326 e. The normalized spacial score (nSPS) is 12.3. The van der Waals surface area contributed by atoms with Crippen molar-refractivity contribution in [2.75, 3.05) is 26.2 Å². The number of urea groups is 1. The molecular weight excluding hydrogens is 851 g/mol. The van der Waals surface area contributed by atoms with E-state index in [1.54, 1.807) is 23.1 Å². The van der Waals surface area contributed by atoms with Crippen LogP contribution in [-0.2, 0) is 64.1 Å². The number of unbranched alkanes of at least 4 members (excludes halogenated alkanes) is 3. The van der Waals surface area contributed by atoms with Gasteiger partial charge >= 0.3 is 29.9 Å². The Balaban J connectivity index is 1.72. The third-order valence-electron chi connectivity index (χ3n) is 10.4. The number of nitrogens with one attached hydrogen (secondary N) is 4. The third-order valence-corrected chi connectivity index (χ3v) is 10.4. The number of aliphatic carboxylic acids is 4. The van der Waals surface area contributed by atoms with Gasteiger partial charge in [0.15, 0.2) is 6.23 Å². The lowest BCUT2D eigenvalue weighted by Gasteiger charge is -2.24. The Kier molecular flexibility index (Phi) is 25.8. The minimum atomic E-state index is -1.45. The predicted octanol–water partition coefficient (Wildman–Crippen LogP) is 3.67. The van der Waals surface area contributed by atoms with Crippen molar-refractivity contribution in [3.05, 3.63) is 58.7 Å². The second-order valence-electron chi connectivity index (χ2n) is 15.9. The molecule has 65 heavy (non-hydrogen) atoms. The van der Waals surface area contributed by atoms with Crippen molar-refractivity contribution in [2.24, 2.45) is 5.92 Å². The van der Waals surface area contributed by atoms with Gasteiger partial charge in [0.05, 0.1) is 6.54 Å². The Morgan fingerprint density at radius 2 is 1.32 bits per heavy atom. The van der Waals surface area contributed by atoms with Crippen LogP contribution in [0.1, 0.15) is 113 Å². The maximum absolute atomic E-state index is 12.6. The van der Waals surface area contributed by atoms with Crippen LogP contribution in [0.3, 0.4) is 0 Å². The number of carbonyl (C=O) groups excluding carboxylic acids is 4. The van der Waals surface area contributed by atoms with Crippen molar-refractivity contribution in [3.8, 4) is 11.5 Å². The molecule has 0 spiro atoms. The molecule has 0 aromatic heterocycles. The number of phenolic OH excluding ortho intramolecular Hbond substituents is 2. The monoisotopic (exact) mass is 915 g/mol. The first kappa shape index (κ1) is 54.7. The van der Waals surface area contributed by atoms with E-state index in [9.17, 15) is 63.9 Å². The van der Waals surface area contributed by atoms with E-state index in [1.807, 2.05) is 19.1 Å². The minimum Gasteiger partial charge on any atom is -0.508 e. The highest BCUT2D eigenvalue weighted by molar-refractivity contribution is 5.83. The molecule has 0 bridgehead atoms. The molecule has 0 radical (unpaired) electrons. The molecule has 3 atom stereocenters. The number of benzene rings is 2. The van der Waals surface area contributed by atoms with E-state index < -0.39 is 54.5 Å². The second-order valence-corrected chi connectivity index (χ2v) is 15.9. The predicted molar refractivity (Wildman–Crippen MR) is 235 cm³/mol. The molecule has 360 valence electrons. The van der Waals surface area contributed by atoms with Gasteiger partial charge in [-0.05, 0) is 99.1 Å². The number of aromatic hydroxyl groups is 2. The van der Waals surface area contributed by atoms with E-state index >= 15 is 0 Å². The van der Waals surface area contributed by atoms with Gasteiger partial charge in [-0.1, -0.05) is 44.0 Å². The molecule has 0 saturated heterocycles. The number of hydrogen-bond acceptors (Lipinski definition) is 12. The number of nitrogens with zero attached hydrogens (tertiary/aromatic N) is 1. The van der Waals surface area contributed by atoms with Gasteiger partial charge in [0.1, 0.15) is 17.5 Å². The molecule has 4 amide bonds. The van der Waals surface area contributed by atoms with Crippen molar-refractivity contribution in [1.29, 1.82) is 0 Å². The van der Waals surface area contributed by atoms with Crippen LogP contribution in [0.25, 0.3) is 0 Å². The van der Waals surface area contributed by atoms with Crippen LogP contribution in [0.5, 0.6) is 11.5 Å². The fourth-order valence-corrected chi connectivity index (χ4v) is 7.06. The number of amides is 4. The first-order chi connectivity index (χ1) is 31.0. The summed E-state index contributed by atoms with van der Waals surface area (Å²) in [5.41, 5.74) is 2.90. The van der Waals surface area contributed by atoms with Gasteiger partial charge in [0.25, 0.3) is 6.47 Å². The Bertz CT molecular complexity index is 1880. The molecule has 2 aromatic carbocycles.